The Labute approximate surface area is 44.9 Å². The van der Waals surface area contributed by atoms with E-state index in [1.807, 2.05) is 0 Å². The molecule has 0 atom stereocenters. The zero-order valence-electron chi connectivity index (χ0n) is 3.92. The number of hydrogen-bond acceptors (Lipinski definition) is 4. The van der Waals surface area contributed by atoms with Gasteiger partial charge in [-0.25, -0.2) is 0 Å². The predicted octanol–water partition coefficient (Wildman–Crippen LogP) is -1.12. The Balaban J connectivity index is 2.69. The van der Waals surface area contributed by atoms with Gasteiger partial charge in [0.1, 0.15) is 0 Å². The predicted molar refractivity (Wildman–Crippen MR) is 23.3 cm³/mol. The van der Waals surface area contributed by atoms with Gasteiger partial charge in [-0.2, -0.15) is 0 Å². The first-order valence-corrected chi connectivity index (χ1v) is 1.97. The van der Waals surface area contributed by atoms with Gasteiger partial charge in [-0.3, -0.25) is 4.79 Å². The maximum Gasteiger partial charge on any atom is 0.318 e. The molecule has 1 aliphatic heterocycles. The van der Waals surface area contributed by atoms with E-state index in [9.17, 15) is 4.79 Å². The lowest BCUT2D eigenvalue weighted by Crippen LogP contribution is -2.18. The second kappa shape index (κ2) is 1.69. The minimum absolute atomic E-state index is 0.0955. The van der Waals surface area contributed by atoms with Crippen molar-refractivity contribution in [2.75, 3.05) is 6.73 Å². The summed E-state index contributed by atoms with van der Waals surface area (Å²) in [5.41, 5.74) is 0. The van der Waals surface area contributed by atoms with Gasteiger partial charge in [0.25, 0.3) is 0 Å². The van der Waals surface area contributed by atoms with Gasteiger partial charge in [-0.15, -0.1) is 0 Å². The molecule has 0 aromatic heterocycles. The summed E-state index contributed by atoms with van der Waals surface area (Å²) in [4.78, 5) is 10.3. The minimum atomic E-state index is -0.479. The van der Waals surface area contributed by atoms with E-state index in [0.717, 1.165) is 0 Å². The molecule has 0 aromatic rings. The highest BCUT2D eigenvalue weighted by Gasteiger charge is 2.19. The number of hydrogen-bond donors (Lipinski definition) is 2. The van der Waals surface area contributed by atoms with Crippen molar-refractivity contribution in [2.45, 2.75) is 0 Å². The van der Waals surface area contributed by atoms with Gasteiger partial charge in [0.2, 0.25) is 0 Å². The highest BCUT2D eigenvalue weighted by atomic mass is 16.5. The topological polar surface area (TPSA) is 70.9 Å². The summed E-state index contributed by atoms with van der Waals surface area (Å²) in [6.45, 7) is 0.0955. The Bertz CT molecular complexity index is 141. The first-order valence-electron chi connectivity index (χ1n) is 1.97. The Kier molecular flexibility index (Phi) is 1.03. The average Bonchev–Trinajstić information content (AvgIpc) is 2.14. The van der Waals surface area contributed by atoms with Crippen LogP contribution in [-0.4, -0.2) is 23.7 Å². The number of carbonyl (C=O) groups is 1. The van der Waals surface area contributed by atoms with E-state index < -0.39 is 5.91 Å². The molecule has 44 valence electrons. The van der Waals surface area contributed by atoms with E-state index in [1.165, 1.54) is 0 Å². The van der Waals surface area contributed by atoms with Crippen LogP contribution in [0.4, 0.5) is 0 Å². The van der Waals surface area contributed by atoms with Crippen molar-refractivity contribution in [1.82, 2.24) is 5.32 Å². The van der Waals surface area contributed by atoms with Gasteiger partial charge < -0.3 is 15.3 Å². The number of oxime groups is 1. The molecule has 0 radical (unpaired) electrons. The molecular weight excluding hydrogens is 112 g/mol. The summed E-state index contributed by atoms with van der Waals surface area (Å²) in [6, 6.07) is 0. The van der Waals surface area contributed by atoms with Crippen LogP contribution >= 0.6 is 0 Å². The highest BCUT2D eigenvalue weighted by molar-refractivity contribution is 6.36. The van der Waals surface area contributed by atoms with Crippen molar-refractivity contribution in [3.63, 3.8) is 0 Å². The molecule has 1 saturated heterocycles. The fraction of sp³-hybridized carbons (Fsp3) is 0.333. The van der Waals surface area contributed by atoms with Gasteiger partial charge in [-0.1, -0.05) is 0 Å². The van der Waals surface area contributed by atoms with Crippen molar-refractivity contribution in [3.8, 4) is 0 Å². The number of amides is 1. The summed E-state index contributed by atoms with van der Waals surface area (Å²) in [5, 5.41) is 12.8. The molecule has 1 heterocycles. The number of carbonyl (C=O) groups excluding carboxylic acids is 1. The summed E-state index contributed by atoms with van der Waals surface area (Å²) in [5.74, 6) is -0.752. The third kappa shape index (κ3) is 0.575. The Morgan fingerprint density at radius 2 is 2.62 bits per heavy atom. The standard InChI is InChI=1S/C3H4N2O3/c6-2-3(5-7)8-1-4-2/h7H,1H2,(H,4,6)/b5-3+. The lowest BCUT2D eigenvalue weighted by molar-refractivity contribution is -0.114. The molecule has 0 spiro atoms. The molecule has 1 rings (SSSR count). The van der Waals surface area contributed by atoms with Crippen LogP contribution in [0.5, 0.6) is 0 Å². The molecule has 0 bridgehead atoms. The molecule has 0 aromatic carbocycles. The Morgan fingerprint density at radius 3 is 2.88 bits per heavy atom. The number of ether oxygens (including phenoxy) is 1. The molecule has 0 aliphatic carbocycles. The van der Waals surface area contributed by atoms with Crippen molar-refractivity contribution < 1.29 is 14.7 Å². The summed E-state index contributed by atoms with van der Waals surface area (Å²) < 4.78 is 4.45. The fourth-order valence-corrected chi connectivity index (χ4v) is 0.385. The fourth-order valence-electron chi connectivity index (χ4n) is 0.385. The molecule has 5 nitrogen and oxygen atoms in total. The third-order valence-corrected chi connectivity index (χ3v) is 0.727. The van der Waals surface area contributed by atoms with Crippen LogP contribution in [0.25, 0.3) is 0 Å². The summed E-state index contributed by atoms with van der Waals surface area (Å²) in [6.07, 6.45) is 0. The van der Waals surface area contributed by atoms with Crippen LogP contribution in [0.2, 0.25) is 0 Å². The largest absolute Gasteiger partial charge is 0.450 e. The van der Waals surface area contributed by atoms with E-state index in [2.05, 4.69) is 15.2 Å². The second-order valence-electron chi connectivity index (χ2n) is 1.20. The molecular formula is C3H4N2O3. The zero-order valence-corrected chi connectivity index (χ0v) is 3.92. The Hall–Kier alpha value is -1.26. The van der Waals surface area contributed by atoms with Gasteiger partial charge in [-0.05, 0) is 5.16 Å². The maximum atomic E-state index is 10.3. The van der Waals surface area contributed by atoms with Crippen LogP contribution in [0.15, 0.2) is 5.16 Å². The molecule has 8 heavy (non-hydrogen) atoms. The van der Waals surface area contributed by atoms with Crippen LogP contribution < -0.4 is 5.32 Å². The molecule has 0 unspecified atom stereocenters. The van der Waals surface area contributed by atoms with Crippen LogP contribution in [0.3, 0.4) is 0 Å². The Morgan fingerprint density at radius 1 is 1.88 bits per heavy atom. The second-order valence-corrected chi connectivity index (χ2v) is 1.20. The van der Waals surface area contributed by atoms with Crippen LogP contribution in [0.1, 0.15) is 0 Å². The first-order chi connectivity index (χ1) is 3.84. The van der Waals surface area contributed by atoms with Crippen molar-refractivity contribution in [1.29, 1.82) is 0 Å². The van der Waals surface area contributed by atoms with Gasteiger partial charge in [0.15, 0.2) is 6.73 Å². The van der Waals surface area contributed by atoms with Crippen LogP contribution in [0, 0.1) is 0 Å². The normalized spacial score (nSPS) is 23.0. The first kappa shape index (κ1) is 4.89. The van der Waals surface area contributed by atoms with Gasteiger partial charge >= 0.3 is 11.8 Å². The van der Waals surface area contributed by atoms with Crippen molar-refractivity contribution in [3.05, 3.63) is 0 Å². The highest BCUT2D eigenvalue weighted by Crippen LogP contribution is 1.87. The lowest BCUT2D eigenvalue weighted by Gasteiger charge is -1.83. The quantitative estimate of drug-likeness (QED) is 0.311. The monoisotopic (exact) mass is 116 g/mol. The molecule has 1 fully saturated rings. The van der Waals surface area contributed by atoms with Gasteiger partial charge in [0.05, 0.1) is 0 Å². The molecule has 1 aliphatic rings. The molecule has 2 N–H and O–H groups in total. The summed E-state index contributed by atoms with van der Waals surface area (Å²) >= 11 is 0. The van der Waals surface area contributed by atoms with E-state index in [0.29, 0.717) is 0 Å². The van der Waals surface area contributed by atoms with E-state index in [4.69, 9.17) is 5.21 Å². The smallest absolute Gasteiger partial charge is 0.318 e. The van der Waals surface area contributed by atoms with Crippen molar-refractivity contribution in [2.24, 2.45) is 5.16 Å². The SMILES string of the molecule is O=C1NCO/C1=N/O. The lowest BCUT2D eigenvalue weighted by atomic mass is 10.6. The third-order valence-electron chi connectivity index (χ3n) is 0.727. The van der Waals surface area contributed by atoms with E-state index in [-0.39, 0.29) is 12.6 Å². The van der Waals surface area contributed by atoms with E-state index >= 15 is 0 Å². The number of nitrogens with zero attached hydrogens (tertiary/aromatic N) is 1. The zero-order chi connectivity index (χ0) is 5.98. The average molecular weight is 116 g/mol. The maximum absolute atomic E-state index is 10.3. The minimum Gasteiger partial charge on any atom is -0.450 e. The summed E-state index contributed by atoms with van der Waals surface area (Å²) in [7, 11) is 0. The van der Waals surface area contributed by atoms with Gasteiger partial charge in [0, 0.05) is 0 Å². The number of rotatable bonds is 0. The van der Waals surface area contributed by atoms with Crippen molar-refractivity contribution >= 4 is 11.8 Å². The van der Waals surface area contributed by atoms with Crippen LogP contribution in [-0.2, 0) is 9.53 Å². The molecule has 5 heteroatoms. The van der Waals surface area contributed by atoms with E-state index in [1.54, 1.807) is 0 Å². The molecule has 1 amide bonds. The molecule has 0 saturated carbocycles. The number of nitrogens with one attached hydrogen (secondary N) is 1.